The average Bonchev–Trinajstić information content (AvgIpc) is 3.09. The zero-order chi connectivity index (χ0) is 16.7. The van der Waals surface area contributed by atoms with Gasteiger partial charge < -0.3 is 9.32 Å². The summed E-state index contributed by atoms with van der Waals surface area (Å²) in [5.41, 5.74) is 4.98. The molecule has 4 heteroatoms. The standard InChI is InChI=1S/C20H18N2O2/c1-13-8-9-18-16(10-13)11-19(23)22(18)12-17-14(2)24-20(21-17)15-6-4-3-5-7-15/h3-10H,11-12H2,1-2H3. The van der Waals surface area contributed by atoms with Crippen molar-refractivity contribution in [1.82, 2.24) is 4.98 Å². The monoisotopic (exact) mass is 318 g/mol. The van der Waals surface area contributed by atoms with E-state index in [0.717, 1.165) is 28.3 Å². The number of oxazole rings is 1. The second-order valence-corrected chi connectivity index (χ2v) is 6.18. The number of hydrogen-bond donors (Lipinski definition) is 0. The molecule has 0 saturated carbocycles. The van der Waals surface area contributed by atoms with E-state index in [1.807, 2.05) is 56.3 Å². The minimum Gasteiger partial charge on any atom is -0.441 e. The number of benzene rings is 2. The van der Waals surface area contributed by atoms with Crippen molar-refractivity contribution in [2.45, 2.75) is 26.8 Å². The first-order chi connectivity index (χ1) is 11.6. The Hall–Kier alpha value is -2.88. The van der Waals surface area contributed by atoms with Crippen LogP contribution in [-0.2, 0) is 17.8 Å². The zero-order valence-electron chi connectivity index (χ0n) is 13.7. The van der Waals surface area contributed by atoms with Crippen molar-refractivity contribution in [3.8, 4) is 11.5 Å². The summed E-state index contributed by atoms with van der Waals surface area (Å²) >= 11 is 0. The van der Waals surface area contributed by atoms with Crippen molar-refractivity contribution in [2.75, 3.05) is 4.90 Å². The maximum Gasteiger partial charge on any atom is 0.231 e. The molecule has 120 valence electrons. The number of fused-ring (bicyclic) bond motifs is 1. The van der Waals surface area contributed by atoms with Gasteiger partial charge >= 0.3 is 0 Å². The molecule has 0 fully saturated rings. The maximum atomic E-state index is 12.4. The van der Waals surface area contributed by atoms with Crippen LogP contribution in [0.5, 0.6) is 0 Å². The fourth-order valence-electron chi connectivity index (χ4n) is 3.11. The predicted octanol–water partition coefficient (Wildman–Crippen LogP) is 4.05. The highest BCUT2D eigenvalue weighted by Gasteiger charge is 2.28. The Morgan fingerprint density at radius 3 is 2.71 bits per heavy atom. The lowest BCUT2D eigenvalue weighted by Crippen LogP contribution is -2.26. The third-order valence-corrected chi connectivity index (χ3v) is 4.39. The van der Waals surface area contributed by atoms with E-state index < -0.39 is 0 Å². The molecule has 4 rings (SSSR count). The van der Waals surface area contributed by atoms with E-state index in [1.165, 1.54) is 5.56 Å². The summed E-state index contributed by atoms with van der Waals surface area (Å²) in [4.78, 5) is 18.8. The Morgan fingerprint density at radius 2 is 1.92 bits per heavy atom. The highest BCUT2D eigenvalue weighted by atomic mass is 16.4. The Morgan fingerprint density at radius 1 is 1.12 bits per heavy atom. The zero-order valence-corrected chi connectivity index (χ0v) is 13.7. The lowest BCUT2D eigenvalue weighted by Gasteiger charge is -2.16. The molecule has 0 N–H and O–H groups in total. The van der Waals surface area contributed by atoms with E-state index in [-0.39, 0.29) is 5.91 Å². The van der Waals surface area contributed by atoms with Gasteiger partial charge in [0.25, 0.3) is 0 Å². The van der Waals surface area contributed by atoms with E-state index in [9.17, 15) is 4.79 Å². The average molecular weight is 318 g/mol. The summed E-state index contributed by atoms with van der Waals surface area (Å²) in [6.07, 6.45) is 0.458. The number of amides is 1. The molecule has 0 bridgehead atoms. The molecule has 1 aliphatic rings. The largest absolute Gasteiger partial charge is 0.441 e. The van der Waals surface area contributed by atoms with Crippen LogP contribution in [0.2, 0.25) is 0 Å². The third kappa shape index (κ3) is 2.50. The normalized spacial score (nSPS) is 13.4. The number of carbonyl (C=O) groups is 1. The van der Waals surface area contributed by atoms with Crippen LogP contribution in [0.15, 0.2) is 52.9 Å². The van der Waals surface area contributed by atoms with Crippen LogP contribution in [0.25, 0.3) is 11.5 Å². The summed E-state index contributed by atoms with van der Waals surface area (Å²) in [5, 5.41) is 0. The molecular weight excluding hydrogens is 300 g/mol. The van der Waals surface area contributed by atoms with Crippen LogP contribution in [0.4, 0.5) is 5.69 Å². The number of anilines is 1. The van der Waals surface area contributed by atoms with Gasteiger partial charge in [-0.1, -0.05) is 35.9 Å². The molecule has 1 aliphatic heterocycles. The number of rotatable bonds is 3. The summed E-state index contributed by atoms with van der Waals surface area (Å²) in [7, 11) is 0. The Balaban J connectivity index is 1.65. The first-order valence-corrected chi connectivity index (χ1v) is 8.03. The van der Waals surface area contributed by atoms with Crippen LogP contribution in [0.1, 0.15) is 22.6 Å². The quantitative estimate of drug-likeness (QED) is 0.732. The number of aromatic nitrogens is 1. The number of carbonyl (C=O) groups excluding carboxylic acids is 1. The van der Waals surface area contributed by atoms with Crippen LogP contribution >= 0.6 is 0 Å². The predicted molar refractivity (Wildman–Crippen MR) is 92.7 cm³/mol. The molecule has 0 unspecified atom stereocenters. The van der Waals surface area contributed by atoms with Crippen LogP contribution in [-0.4, -0.2) is 10.9 Å². The van der Waals surface area contributed by atoms with Gasteiger partial charge in [0.1, 0.15) is 11.5 Å². The van der Waals surface area contributed by atoms with E-state index in [4.69, 9.17) is 4.42 Å². The van der Waals surface area contributed by atoms with E-state index >= 15 is 0 Å². The topological polar surface area (TPSA) is 46.3 Å². The SMILES string of the molecule is Cc1ccc2c(c1)CC(=O)N2Cc1nc(-c2ccccc2)oc1C. The fourth-order valence-corrected chi connectivity index (χ4v) is 3.11. The molecule has 0 aliphatic carbocycles. The Bertz CT molecular complexity index is 913. The number of aryl methyl sites for hydroxylation is 2. The molecule has 4 nitrogen and oxygen atoms in total. The van der Waals surface area contributed by atoms with Gasteiger partial charge in [0.05, 0.1) is 13.0 Å². The second kappa shape index (κ2) is 5.64. The molecular formula is C20H18N2O2. The molecule has 24 heavy (non-hydrogen) atoms. The summed E-state index contributed by atoms with van der Waals surface area (Å²) < 4.78 is 5.80. The van der Waals surface area contributed by atoms with E-state index in [0.29, 0.717) is 18.9 Å². The lowest BCUT2D eigenvalue weighted by atomic mass is 10.1. The molecule has 2 aromatic carbocycles. The molecule has 1 amide bonds. The Labute approximate surface area is 140 Å². The first kappa shape index (κ1) is 14.7. The van der Waals surface area contributed by atoms with Crippen molar-refractivity contribution in [2.24, 2.45) is 0 Å². The van der Waals surface area contributed by atoms with Crippen LogP contribution in [0.3, 0.4) is 0 Å². The summed E-state index contributed by atoms with van der Waals surface area (Å²) in [5.74, 6) is 1.46. The van der Waals surface area contributed by atoms with E-state index in [2.05, 4.69) is 11.1 Å². The van der Waals surface area contributed by atoms with Crippen molar-refractivity contribution in [1.29, 1.82) is 0 Å². The van der Waals surface area contributed by atoms with Gasteiger partial charge in [-0.2, -0.15) is 0 Å². The third-order valence-electron chi connectivity index (χ3n) is 4.39. The van der Waals surface area contributed by atoms with Gasteiger partial charge in [0.15, 0.2) is 0 Å². The molecule has 0 atom stereocenters. The van der Waals surface area contributed by atoms with Gasteiger partial charge in [0, 0.05) is 11.3 Å². The minimum atomic E-state index is 0.110. The molecule has 2 heterocycles. The fraction of sp³-hybridized carbons (Fsp3) is 0.200. The van der Waals surface area contributed by atoms with Gasteiger partial charge in [-0.25, -0.2) is 4.98 Å². The van der Waals surface area contributed by atoms with Crippen molar-refractivity contribution in [3.05, 3.63) is 71.1 Å². The van der Waals surface area contributed by atoms with Gasteiger partial charge in [-0.3, -0.25) is 4.79 Å². The van der Waals surface area contributed by atoms with Gasteiger partial charge in [-0.05, 0) is 37.6 Å². The van der Waals surface area contributed by atoms with Gasteiger partial charge in [0.2, 0.25) is 11.8 Å². The second-order valence-electron chi connectivity index (χ2n) is 6.18. The smallest absolute Gasteiger partial charge is 0.231 e. The highest BCUT2D eigenvalue weighted by molar-refractivity contribution is 6.01. The van der Waals surface area contributed by atoms with Crippen molar-refractivity contribution in [3.63, 3.8) is 0 Å². The van der Waals surface area contributed by atoms with Gasteiger partial charge in [-0.15, -0.1) is 0 Å². The first-order valence-electron chi connectivity index (χ1n) is 8.03. The van der Waals surface area contributed by atoms with Crippen molar-refractivity contribution >= 4 is 11.6 Å². The Kier molecular flexibility index (Phi) is 3.45. The van der Waals surface area contributed by atoms with Crippen LogP contribution < -0.4 is 4.90 Å². The molecule has 0 spiro atoms. The molecule has 3 aromatic rings. The number of hydrogen-bond acceptors (Lipinski definition) is 3. The maximum absolute atomic E-state index is 12.4. The molecule has 0 saturated heterocycles. The van der Waals surface area contributed by atoms with Crippen LogP contribution in [0, 0.1) is 13.8 Å². The lowest BCUT2D eigenvalue weighted by molar-refractivity contribution is -0.117. The summed E-state index contributed by atoms with van der Waals surface area (Å²) in [6, 6.07) is 15.9. The van der Waals surface area contributed by atoms with E-state index in [1.54, 1.807) is 4.90 Å². The minimum absolute atomic E-state index is 0.110. The highest BCUT2D eigenvalue weighted by Crippen LogP contribution is 2.32. The summed E-state index contributed by atoms with van der Waals surface area (Å²) in [6.45, 7) is 4.38. The number of nitrogens with zero attached hydrogens (tertiary/aromatic N) is 2. The molecule has 0 radical (unpaired) electrons. The molecule has 1 aromatic heterocycles. The van der Waals surface area contributed by atoms with Crippen molar-refractivity contribution < 1.29 is 9.21 Å².